The van der Waals surface area contributed by atoms with Gasteiger partial charge in [0.25, 0.3) is 0 Å². The van der Waals surface area contributed by atoms with E-state index in [0.717, 1.165) is 31.0 Å². The average Bonchev–Trinajstić information content (AvgIpc) is 2.69. The second-order valence-electron chi connectivity index (χ2n) is 4.84. The van der Waals surface area contributed by atoms with E-state index in [-0.39, 0.29) is 18.3 Å². The fraction of sp³-hybridized carbons (Fsp3) is 0.571. The van der Waals surface area contributed by atoms with E-state index in [0.29, 0.717) is 5.56 Å². The number of alkyl halides is 3. The Morgan fingerprint density at radius 2 is 2.00 bits per heavy atom. The summed E-state index contributed by atoms with van der Waals surface area (Å²) in [5, 5.41) is 0. The molecule has 1 aromatic carbocycles. The Hall–Kier alpha value is -0.920. The third-order valence-electron chi connectivity index (χ3n) is 3.42. The molecular weight excluding hydrogens is 301 g/mol. The van der Waals surface area contributed by atoms with Gasteiger partial charge in [0, 0.05) is 24.4 Å². The minimum absolute atomic E-state index is 0.155. The molecule has 0 aromatic heterocycles. The van der Waals surface area contributed by atoms with Crippen LogP contribution < -0.4 is 10.5 Å². The molecular formula is C14H19F3N2OS. The average molecular weight is 320 g/mol. The van der Waals surface area contributed by atoms with Gasteiger partial charge in [0.15, 0.2) is 0 Å². The quantitative estimate of drug-likeness (QED) is 0.925. The van der Waals surface area contributed by atoms with Crippen molar-refractivity contribution in [3.63, 3.8) is 0 Å². The van der Waals surface area contributed by atoms with E-state index in [9.17, 15) is 13.2 Å². The van der Waals surface area contributed by atoms with E-state index in [1.165, 1.54) is 12.1 Å². The van der Waals surface area contributed by atoms with Crippen molar-refractivity contribution < 1.29 is 17.9 Å². The summed E-state index contributed by atoms with van der Waals surface area (Å²) in [5.74, 6) is 1.89. The number of hydrogen-bond donors (Lipinski definition) is 1. The summed E-state index contributed by atoms with van der Waals surface area (Å²) < 4.78 is 41.7. The number of benzene rings is 1. The maximum Gasteiger partial charge on any atom is 0.573 e. The monoisotopic (exact) mass is 320 g/mol. The zero-order valence-electron chi connectivity index (χ0n) is 11.6. The van der Waals surface area contributed by atoms with Crippen molar-refractivity contribution in [2.75, 3.05) is 31.1 Å². The van der Waals surface area contributed by atoms with Crippen molar-refractivity contribution in [2.45, 2.75) is 18.8 Å². The van der Waals surface area contributed by atoms with Gasteiger partial charge in [-0.1, -0.05) is 18.2 Å². The molecule has 2 N–H and O–H groups in total. The zero-order chi connectivity index (χ0) is 15.3. The lowest BCUT2D eigenvalue weighted by molar-refractivity contribution is -0.275. The highest BCUT2D eigenvalue weighted by Gasteiger charge is 2.33. The Labute approximate surface area is 126 Å². The molecule has 0 spiro atoms. The second-order valence-corrected chi connectivity index (χ2v) is 6.06. The lowest BCUT2D eigenvalue weighted by Crippen LogP contribution is -2.36. The number of para-hydroxylation sites is 1. The number of thioether (sulfide) groups is 1. The second kappa shape index (κ2) is 7.38. The molecule has 1 saturated heterocycles. The van der Waals surface area contributed by atoms with Crippen LogP contribution in [0.25, 0.3) is 0 Å². The van der Waals surface area contributed by atoms with Crippen molar-refractivity contribution in [1.82, 2.24) is 4.90 Å². The first kappa shape index (κ1) is 16.5. The van der Waals surface area contributed by atoms with E-state index >= 15 is 0 Å². The number of ether oxygens (including phenoxy) is 1. The van der Waals surface area contributed by atoms with Gasteiger partial charge in [0.2, 0.25) is 0 Å². The minimum Gasteiger partial charge on any atom is -0.405 e. The van der Waals surface area contributed by atoms with Gasteiger partial charge in [0.1, 0.15) is 5.75 Å². The fourth-order valence-electron chi connectivity index (χ4n) is 2.52. The lowest BCUT2D eigenvalue weighted by Gasteiger charge is -2.31. The van der Waals surface area contributed by atoms with Gasteiger partial charge in [0.05, 0.1) is 6.04 Å². The highest BCUT2D eigenvalue weighted by Crippen LogP contribution is 2.33. The van der Waals surface area contributed by atoms with Crippen LogP contribution in [0, 0.1) is 0 Å². The molecule has 2 rings (SSSR count). The molecule has 0 radical (unpaired) electrons. The lowest BCUT2D eigenvalue weighted by atomic mass is 10.0. The first-order chi connectivity index (χ1) is 10.0. The third-order valence-corrected chi connectivity index (χ3v) is 4.47. The van der Waals surface area contributed by atoms with Crippen LogP contribution in [0.1, 0.15) is 18.0 Å². The molecule has 1 unspecified atom stereocenters. The van der Waals surface area contributed by atoms with Crippen LogP contribution in [0.2, 0.25) is 0 Å². The maximum atomic E-state index is 12.5. The van der Waals surface area contributed by atoms with E-state index in [4.69, 9.17) is 5.73 Å². The highest BCUT2D eigenvalue weighted by atomic mass is 32.2. The number of halogens is 3. The largest absolute Gasteiger partial charge is 0.573 e. The zero-order valence-corrected chi connectivity index (χ0v) is 12.4. The van der Waals surface area contributed by atoms with Crippen molar-refractivity contribution >= 4 is 11.8 Å². The molecule has 1 heterocycles. The first-order valence-corrected chi connectivity index (χ1v) is 8.03. The molecule has 0 saturated carbocycles. The van der Waals surface area contributed by atoms with Gasteiger partial charge in [-0.3, -0.25) is 4.90 Å². The number of nitrogens with zero attached hydrogens (tertiary/aromatic N) is 1. The predicted molar refractivity (Wildman–Crippen MR) is 78.4 cm³/mol. The molecule has 118 valence electrons. The van der Waals surface area contributed by atoms with Crippen molar-refractivity contribution in [3.8, 4) is 5.75 Å². The summed E-state index contributed by atoms with van der Waals surface area (Å²) in [7, 11) is 0. The van der Waals surface area contributed by atoms with Crippen LogP contribution >= 0.6 is 11.8 Å². The fourth-order valence-corrected chi connectivity index (χ4v) is 3.42. The molecule has 7 heteroatoms. The van der Waals surface area contributed by atoms with Gasteiger partial charge in [-0.25, -0.2) is 0 Å². The number of rotatable bonds is 4. The summed E-state index contributed by atoms with van der Waals surface area (Å²) in [4.78, 5) is 2.15. The minimum atomic E-state index is -4.69. The number of nitrogens with two attached hydrogens (primary N) is 1. The Morgan fingerprint density at radius 1 is 1.24 bits per heavy atom. The van der Waals surface area contributed by atoms with Crippen LogP contribution in [-0.2, 0) is 0 Å². The molecule has 1 atom stereocenters. The normalized spacial score (nSPS) is 19.0. The molecule has 0 bridgehead atoms. The van der Waals surface area contributed by atoms with Crippen molar-refractivity contribution in [1.29, 1.82) is 0 Å². The summed E-state index contributed by atoms with van der Waals surface area (Å²) in [6, 6.07) is 6.01. The topological polar surface area (TPSA) is 38.5 Å². The molecule has 0 amide bonds. The maximum absolute atomic E-state index is 12.5. The van der Waals surface area contributed by atoms with Gasteiger partial charge in [-0.2, -0.15) is 11.8 Å². The molecule has 1 aliphatic rings. The highest BCUT2D eigenvalue weighted by molar-refractivity contribution is 7.99. The van der Waals surface area contributed by atoms with Crippen molar-refractivity contribution in [2.24, 2.45) is 5.73 Å². The Morgan fingerprint density at radius 3 is 2.71 bits per heavy atom. The van der Waals surface area contributed by atoms with Gasteiger partial charge < -0.3 is 10.5 Å². The van der Waals surface area contributed by atoms with Crippen LogP contribution in [0.4, 0.5) is 13.2 Å². The summed E-state index contributed by atoms with van der Waals surface area (Å²) in [5.41, 5.74) is 6.34. The number of hydrogen-bond acceptors (Lipinski definition) is 4. The smallest absolute Gasteiger partial charge is 0.405 e. The van der Waals surface area contributed by atoms with E-state index in [1.807, 2.05) is 11.8 Å². The SMILES string of the molecule is NCC(c1ccccc1OC(F)(F)F)N1CCCSCC1. The molecule has 0 aliphatic carbocycles. The molecule has 21 heavy (non-hydrogen) atoms. The third kappa shape index (κ3) is 4.79. The summed E-state index contributed by atoms with van der Waals surface area (Å²) in [6.07, 6.45) is -3.67. The Bertz CT molecular complexity index is 448. The van der Waals surface area contributed by atoms with E-state index in [2.05, 4.69) is 9.64 Å². The van der Waals surface area contributed by atoms with Crippen LogP contribution in [0.5, 0.6) is 5.75 Å². The Balaban J connectivity index is 2.24. The van der Waals surface area contributed by atoms with E-state index in [1.54, 1.807) is 12.1 Å². The molecule has 1 aromatic rings. The van der Waals surface area contributed by atoms with Crippen molar-refractivity contribution in [3.05, 3.63) is 29.8 Å². The molecule has 3 nitrogen and oxygen atoms in total. The summed E-state index contributed by atoms with van der Waals surface area (Å²) in [6.45, 7) is 1.94. The van der Waals surface area contributed by atoms with Crippen LogP contribution in [0.15, 0.2) is 24.3 Å². The van der Waals surface area contributed by atoms with Gasteiger partial charge >= 0.3 is 6.36 Å². The van der Waals surface area contributed by atoms with Gasteiger partial charge in [-0.05, 0) is 24.8 Å². The van der Waals surface area contributed by atoms with Gasteiger partial charge in [-0.15, -0.1) is 13.2 Å². The van der Waals surface area contributed by atoms with E-state index < -0.39 is 6.36 Å². The van der Waals surface area contributed by atoms with Crippen LogP contribution in [0.3, 0.4) is 0 Å². The standard InChI is InChI=1S/C14H19F3N2OS/c15-14(16,17)20-13-5-2-1-4-11(13)12(10-18)19-6-3-8-21-9-7-19/h1-2,4-5,12H,3,6-10,18H2. The Kier molecular flexibility index (Phi) is 5.78. The first-order valence-electron chi connectivity index (χ1n) is 6.88. The molecule has 1 fully saturated rings. The molecule has 1 aliphatic heterocycles. The van der Waals surface area contributed by atoms with Crippen LogP contribution in [-0.4, -0.2) is 42.4 Å². The predicted octanol–water partition coefficient (Wildman–Crippen LogP) is 3.02. The summed E-state index contributed by atoms with van der Waals surface area (Å²) >= 11 is 1.86.